The Morgan fingerprint density at radius 3 is 2.34 bits per heavy atom. The molecule has 3 N–H and O–H groups in total. The summed E-state index contributed by atoms with van der Waals surface area (Å²) in [5.41, 5.74) is 2.62. The number of hydrogen-bond donors (Lipinski definition) is 3. The van der Waals surface area contributed by atoms with E-state index in [1.54, 1.807) is 12.1 Å². The predicted molar refractivity (Wildman–Crippen MR) is 111 cm³/mol. The molecule has 2 saturated heterocycles. The number of nitrogens with zero attached hydrogens (tertiary/aromatic N) is 1. The first-order valence-corrected chi connectivity index (χ1v) is 11.8. The number of hydrogen-bond acceptors (Lipinski definition) is 9. The van der Waals surface area contributed by atoms with Crippen molar-refractivity contribution in [3.05, 3.63) is 59.9 Å². The van der Waals surface area contributed by atoms with Gasteiger partial charge in [-0.15, -0.1) is 11.8 Å². The molecule has 4 rings (SSSR count). The fourth-order valence-electron chi connectivity index (χ4n) is 2.87. The Hall–Kier alpha value is -2.26. The molecule has 174 valence electrons. The van der Waals surface area contributed by atoms with Crippen LogP contribution in [0.1, 0.15) is 5.56 Å². The molecule has 0 bridgehead atoms. The van der Waals surface area contributed by atoms with Gasteiger partial charge in [-0.1, -0.05) is 12.1 Å². The zero-order valence-corrected chi connectivity index (χ0v) is 18.2. The Bertz CT molecular complexity index is 1000. The summed E-state index contributed by atoms with van der Waals surface area (Å²) in [6, 6.07) is 9.95. The molecule has 0 radical (unpaired) electrons. The van der Waals surface area contributed by atoms with Gasteiger partial charge in [-0.2, -0.15) is 9.79 Å². The lowest BCUT2D eigenvalue weighted by molar-refractivity contribution is -0.142. The lowest BCUT2D eigenvalue weighted by Gasteiger charge is -2.36. The number of halogens is 1. The summed E-state index contributed by atoms with van der Waals surface area (Å²) in [4.78, 5) is 19.5. The largest absolute Gasteiger partial charge is 0.489 e. The molecule has 0 aromatic heterocycles. The number of ether oxygens (including phenoxy) is 1. The molecule has 2 aromatic rings. The van der Waals surface area contributed by atoms with E-state index in [9.17, 15) is 27.9 Å². The quantitative estimate of drug-likeness (QED) is 0.300. The van der Waals surface area contributed by atoms with Gasteiger partial charge in [0, 0.05) is 12.3 Å². The van der Waals surface area contributed by atoms with Crippen molar-refractivity contribution < 1.29 is 42.4 Å². The standard InChI is InChI=1S/C18H19FN2O6S2.CH2O2/c19-13-3-1-12(2-4-13)11-27-14-5-7-15(8-6-14)29(25,26)21-9-10-28-17(20-24)16(21)18(22)23;1-2-3-1/h1-8,16-17,20,24H,9-11H2,(H,22,23);1H2. The van der Waals surface area contributed by atoms with Crippen LogP contribution in [0.5, 0.6) is 5.75 Å². The maximum Gasteiger partial charge on any atom is 0.324 e. The van der Waals surface area contributed by atoms with Crippen LogP contribution in [-0.2, 0) is 31.2 Å². The van der Waals surface area contributed by atoms with Crippen molar-refractivity contribution in [2.24, 2.45) is 0 Å². The molecule has 13 heteroatoms. The topological polar surface area (TPSA) is 141 Å². The molecule has 32 heavy (non-hydrogen) atoms. The monoisotopic (exact) mass is 488 g/mol. The van der Waals surface area contributed by atoms with Crippen molar-refractivity contribution >= 4 is 27.8 Å². The lowest BCUT2D eigenvalue weighted by Crippen LogP contribution is -2.57. The highest BCUT2D eigenvalue weighted by Gasteiger charge is 2.44. The van der Waals surface area contributed by atoms with E-state index in [4.69, 9.17) is 4.74 Å². The summed E-state index contributed by atoms with van der Waals surface area (Å²) in [7, 11) is -4.10. The summed E-state index contributed by atoms with van der Waals surface area (Å²) >= 11 is 1.13. The smallest absolute Gasteiger partial charge is 0.324 e. The van der Waals surface area contributed by atoms with E-state index < -0.39 is 27.4 Å². The third-order valence-electron chi connectivity index (χ3n) is 4.45. The second-order valence-electron chi connectivity index (χ2n) is 6.56. The third kappa shape index (κ3) is 6.38. The van der Waals surface area contributed by atoms with Gasteiger partial charge in [0.1, 0.15) is 29.6 Å². The molecule has 2 aromatic carbocycles. The van der Waals surface area contributed by atoms with Gasteiger partial charge in [0.25, 0.3) is 0 Å². The first-order valence-electron chi connectivity index (χ1n) is 9.30. The number of carboxylic acids is 1. The van der Waals surface area contributed by atoms with Crippen LogP contribution in [0.25, 0.3) is 0 Å². The zero-order chi connectivity index (χ0) is 23.1. The number of rotatable bonds is 7. The van der Waals surface area contributed by atoms with Crippen LogP contribution in [0.3, 0.4) is 0 Å². The molecule has 0 saturated carbocycles. The Morgan fingerprint density at radius 2 is 1.81 bits per heavy atom. The Kier molecular flexibility index (Phi) is 8.42. The first-order chi connectivity index (χ1) is 15.3. The van der Waals surface area contributed by atoms with Gasteiger partial charge < -0.3 is 15.1 Å². The predicted octanol–water partition coefficient (Wildman–Crippen LogP) is 1.81. The van der Waals surface area contributed by atoms with Gasteiger partial charge in [0.05, 0.1) is 4.90 Å². The fraction of sp³-hybridized carbons (Fsp3) is 0.316. The van der Waals surface area contributed by atoms with Gasteiger partial charge in [0.2, 0.25) is 16.8 Å². The fourth-order valence-corrected chi connectivity index (χ4v) is 5.73. The Balaban J connectivity index is 0.000000887. The van der Waals surface area contributed by atoms with Crippen LogP contribution in [0, 0.1) is 5.82 Å². The number of hydroxylamine groups is 1. The lowest BCUT2D eigenvalue weighted by atomic mass is 10.2. The van der Waals surface area contributed by atoms with Gasteiger partial charge in [-0.3, -0.25) is 4.79 Å². The summed E-state index contributed by atoms with van der Waals surface area (Å²) in [6.07, 6.45) is 0. The van der Waals surface area contributed by atoms with Crippen LogP contribution in [0.2, 0.25) is 0 Å². The van der Waals surface area contributed by atoms with Crippen molar-refractivity contribution in [3.63, 3.8) is 0 Å². The molecule has 0 amide bonds. The summed E-state index contributed by atoms with van der Waals surface area (Å²) in [5, 5.41) is 17.6. The minimum absolute atomic E-state index is 0.00493. The Labute approximate surface area is 187 Å². The molecule has 10 nitrogen and oxygen atoms in total. The molecule has 0 spiro atoms. The van der Waals surface area contributed by atoms with Crippen LogP contribution < -0.4 is 10.2 Å². The van der Waals surface area contributed by atoms with Crippen molar-refractivity contribution in [2.45, 2.75) is 22.9 Å². The number of carboxylic acid groups (broad SMARTS) is 1. The highest BCUT2D eigenvalue weighted by Crippen LogP contribution is 2.29. The summed E-state index contributed by atoms with van der Waals surface area (Å²) < 4.78 is 45.3. The van der Waals surface area contributed by atoms with Crippen molar-refractivity contribution in [2.75, 3.05) is 19.1 Å². The van der Waals surface area contributed by atoms with Gasteiger partial charge in [-0.05, 0) is 42.0 Å². The molecular weight excluding hydrogens is 467 g/mol. The van der Waals surface area contributed by atoms with E-state index in [-0.39, 0.29) is 23.9 Å². The highest BCUT2D eigenvalue weighted by atomic mass is 32.2. The molecule has 2 fully saturated rings. The van der Waals surface area contributed by atoms with E-state index in [2.05, 4.69) is 9.78 Å². The molecule has 2 aliphatic rings. The molecule has 2 atom stereocenters. The molecule has 2 aliphatic heterocycles. The number of nitrogens with one attached hydrogen (secondary N) is 1. The van der Waals surface area contributed by atoms with Crippen molar-refractivity contribution in [1.29, 1.82) is 0 Å². The average molecular weight is 489 g/mol. The number of sulfonamides is 1. The van der Waals surface area contributed by atoms with Crippen LogP contribution in [0.4, 0.5) is 4.39 Å². The summed E-state index contributed by atoms with van der Waals surface area (Å²) in [5.74, 6) is -0.962. The van der Waals surface area contributed by atoms with E-state index in [0.29, 0.717) is 18.3 Å². The van der Waals surface area contributed by atoms with E-state index in [0.717, 1.165) is 21.6 Å². The van der Waals surface area contributed by atoms with Crippen LogP contribution in [0.15, 0.2) is 53.4 Å². The SMILES string of the molecule is C1OO1.O=C(O)C1C(NO)SCCN1S(=O)(=O)c1ccc(OCc2ccc(F)cc2)cc1. The van der Waals surface area contributed by atoms with Crippen LogP contribution >= 0.6 is 11.8 Å². The molecule has 2 unspecified atom stereocenters. The second-order valence-corrected chi connectivity index (χ2v) is 9.70. The number of thioether (sulfide) groups is 1. The number of carbonyl (C=O) groups is 1. The van der Waals surface area contributed by atoms with Gasteiger partial charge in [0.15, 0.2) is 0 Å². The van der Waals surface area contributed by atoms with Gasteiger partial charge in [-0.25, -0.2) is 22.6 Å². The minimum atomic E-state index is -4.10. The summed E-state index contributed by atoms with van der Waals surface area (Å²) in [6.45, 7) is 0.686. The maximum atomic E-state index is 13.0. The highest BCUT2D eigenvalue weighted by molar-refractivity contribution is 8.00. The Morgan fingerprint density at radius 1 is 1.19 bits per heavy atom. The minimum Gasteiger partial charge on any atom is -0.489 e. The van der Waals surface area contributed by atoms with E-state index >= 15 is 0 Å². The normalized spacial score (nSPS) is 20.7. The van der Waals surface area contributed by atoms with Gasteiger partial charge >= 0.3 is 5.97 Å². The molecular formula is C19H21FN2O8S2. The van der Waals surface area contributed by atoms with Crippen molar-refractivity contribution in [3.8, 4) is 5.75 Å². The second kappa shape index (κ2) is 11.0. The van der Waals surface area contributed by atoms with Crippen LogP contribution in [-0.4, -0.2) is 59.5 Å². The molecule has 0 aliphatic carbocycles. The number of aliphatic carboxylic acids is 1. The number of benzene rings is 2. The van der Waals surface area contributed by atoms with E-state index in [1.807, 2.05) is 5.48 Å². The zero-order valence-electron chi connectivity index (χ0n) is 16.6. The molecule has 2 heterocycles. The van der Waals surface area contributed by atoms with E-state index in [1.165, 1.54) is 36.4 Å². The third-order valence-corrected chi connectivity index (χ3v) is 7.49. The first kappa shape index (κ1) is 24.4. The van der Waals surface area contributed by atoms with Crippen molar-refractivity contribution in [1.82, 2.24) is 9.79 Å². The maximum absolute atomic E-state index is 13.0. The average Bonchev–Trinajstić information content (AvgIpc) is 3.68.